The summed E-state index contributed by atoms with van der Waals surface area (Å²) in [6.45, 7) is 3.41. The maximum absolute atomic E-state index is 12.5. The fourth-order valence-corrected chi connectivity index (χ4v) is 5.44. The topological polar surface area (TPSA) is 130 Å². The minimum absolute atomic E-state index is 0.0127. The van der Waals surface area contributed by atoms with Gasteiger partial charge in [-0.25, -0.2) is 10.3 Å². The van der Waals surface area contributed by atoms with Gasteiger partial charge in [-0.15, -0.1) is 0 Å². The van der Waals surface area contributed by atoms with Crippen LogP contribution in [-0.4, -0.2) is 37.7 Å². The number of hydrogen-bond donors (Lipinski definition) is 3. The highest BCUT2D eigenvalue weighted by molar-refractivity contribution is 5.79. The standard InChI is InChI=1S/C34H40N4O5/c1-2-42-33(40)15-5-3-4-14-32(39)37-21-25-17-16-24(20-26(25)22-38-35)18-19-36-34(41)43-23-31-29-12-8-6-10-27(29)28-11-7-9-13-30(28)31/h6-13,16-17,20,31,35H,2-5,14-15,18-19,21-23H2,1H3,(H,36,41)(H,37,39). The van der Waals surface area contributed by atoms with Crippen molar-refractivity contribution in [3.05, 3.63) is 94.5 Å². The van der Waals surface area contributed by atoms with Gasteiger partial charge in [0.2, 0.25) is 5.91 Å². The largest absolute Gasteiger partial charge is 0.466 e. The first kappa shape index (κ1) is 31.4. The monoisotopic (exact) mass is 584 g/mol. The molecule has 3 aromatic rings. The number of ether oxygens (including phenoxy) is 2. The van der Waals surface area contributed by atoms with Gasteiger partial charge in [0.15, 0.2) is 0 Å². The van der Waals surface area contributed by atoms with Crippen molar-refractivity contribution >= 4 is 18.0 Å². The molecule has 0 spiro atoms. The Balaban J connectivity index is 1.19. The maximum atomic E-state index is 12.5. The van der Waals surface area contributed by atoms with Gasteiger partial charge in [-0.05, 0) is 65.1 Å². The number of nitrogens with zero attached hydrogens (tertiary/aromatic N) is 1. The number of hydrogen-bond acceptors (Lipinski definition) is 7. The summed E-state index contributed by atoms with van der Waals surface area (Å²) in [5.41, 5.74) is 14.8. The lowest BCUT2D eigenvalue weighted by Crippen LogP contribution is -2.28. The number of benzene rings is 3. The normalized spacial score (nSPS) is 11.7. The molecule has 0 aliphatic heterocycles. The second-order valence-electron chi connectivity index (χ2n) is 10.6. The van der Waals surface area contributed by atoms with E-state index < -0.39 is 6.09 Å². The third kappa shape index (κ3) is 8.98. The molecule has 1 aliphatic rings. The van der Waals surface area contributed by atoms with E-state index in [-0.39, 0.29) is 30.9 Å². The third-order valence-corrected chi connectivity index (χ3v) is 7.61. The average molecular weight is 585 g/mol. The molecule has 0 saturated carbocycles. The highest BCUT2D eigenvalue weighted by Gasteiger charge is 2.28. The van der Waals surface area contributed by atoms with E-state index in [0.717, 1.165) is 23.1 Å². The van der Waals surface area contributed by atoms with Gasteiger partial charge < -0.3 is 20.1 Å². The molecule has 0 radical (unpaired) electrons. The fraction of sp³-hybridized carbons (Fsp3) is 0.382. The Morgan fingerprint density at radius 3 is 2.23 bits per heavy atom. The molecule has 9 heteroatoms. The molecule has 3 aromatic carbocycles. The maximum Gasteiger partial charge on any atom is 0.407 e. The zero-order valence-corrected chi connectivity index (χ0v) is 24.7. The number of unbranched alkanes of at least 4 members (excludes halogenated alkanes) is 2. The lowest BCUT2D eigenvalue weighted by Gasteiger charge is -2.15. The highest BCUT2D eigenvalue weighted by Crippen LogP contribution is 2.44. The molecule has 0 unspecified atom stereocenters. The Kier molecular flexibility index (Phi) is 11.8. The number of esters is 1. The van der Waals surface area contributed by atoms with Crippen molar-refractivity contribution in [2.24, 2.45) is 5.11 Å². The van der Waals surface area contributed by atoms with Crippen LogP contribution in [0, 0.1) is 5.53 Å². The molecule has 43 heavy (non-hydrogen) atoms. The van der Waals surface area contributed by atoms with E-state index in [0.29, 0.717) is 51.8 Å². The zero-order valence-electron chi connectivity index (χ0n) is 24.7. The van der Waals surface area contributed by atoms with Crippen LogP contribution in [0.5, 0.6) is 0 Å². The molecule has 0 atom stereocenters. The first-order chi connectivity index (χ1) is 21.0. The quantitative estimate of drug-likeness (QED) is 0.102. The molecule has 1 aliphatic carbocycles. The number of alkyl carbamates (subject to hydrolysis) is 1. The summed E-state index contributed by atoms with van der Waals surface area (Å²) in [4.78, 5) is 36.2. The van der Waals surface area contributed by atoms with Crippen LogP contribution >= 0.6 is 0 Å². The van der Waals surface area contributed by atoms with E-state index in [9.17, 15) is 14.4 Å². The number of nitrogens with one attached hydrogen (secondary N) is 3. The van der Waals surface area contributed by atoms with Gasteiger partial charge >= 0.3 is 12.1 Å². The molecular formula is C34H40N4O5. The Morgan fingerprint density at radius 2 is 1.53 bits per heavy atom. The minimum Gasteiger partial charge on any atom is -0.466 e. The molecule has 2 amide bonds. The van der Waals surface area contributed by atoms with Crippen molar-refractivity contribution in [2.75, 3.05) is 19.8 Å². The molecule has 226 valence electrons. The summed E-state index contributed by atoms with van der Waals surface area (Å²) < 4.78 is 10.5. The Bertz CT molecular complexity index is 1380. The molecular weight excluding hydrogens is 544 g/mol. The van der Waals surface area contributed by atoms with Crippen molar-refractivity contribution in [1.29, 1.82) is 5.53 Å². The second kappa shape index (κ2) is 16.2. The van der Waals surface area contributed by atoms with Gasteiger partial charge in [-0.2, -0.15) is 5.11 Å². The Hall–Kier alpha value is -4.53. The molecule has 0 saturated heterocycles. The smallest absolute Gasteiger partial charge is 0.407 e. The summed E-state index contributed by atoms with van der Waals surface area (Å²) in [5.74, 6) is -0.240. The molecule has 0 fully saturated rings. The van der Waals surface area contributed by atoms with Crippen LogP contribution in [0.3, 0.4) is 0 Å². The predicted molar refractivity (Wildman–Crippen MR) is 164 cm³/mol. The van der Waals surface area contributed by atoms with Crippen molar-refractivity contribution in [3.8, 4) is 11.1 Å². The summed E-state index contributed by atoms with van der Waals surface area (Å²) in [5, 5.41) is 9.33. The number of fused-ring (bicyclic) bond motifs is 3. The van der Waals surface area contributed by atoms with E-state index in [2.05, 4.69) is 40.0 Å². The molecule has 9 nitrogen and oxygen atoms in total. The lowest BCUT2D eigenvalue weighted by molar-refractivity contribution is -0.143. The summed E-state index contributed by atoms with van der Waals surface area (Å²) in [7, 11) is 0. The number of rotatable bonds is 16. The van der Waals surface area contributed by atoms with Crippen LogP contribution in [0.4, 0.5) is 4.79 Å². The molecule has 4 rings (SSSR count). The zero-order chi connectivity index (χ0) is 30.4. The second-order valence-corrected chi connectivity index (χ2v) is 10.6. The molecule has 0 aromatic heterocycles. The Labute approximate surface area is 252 Å². The van der Waals surface area contributed by atoms with Crippen LogP contribution in [0.25, 0.3) is 11.1 Å². The van der Waals surface area contributed by atoms with E-state index in [4.69, 9.17) is 15.0 Å². The Morgan fingerprint density at radius 1 is 0.837 bits per heavy atom. The predicted octanol–water partition coefficient (Wildman–Crippen LogP) is 6.43. The highest BCUT2D eigenvalue weighted by atomic mass is 16.5. The summed E-state index contributed by atoms with van der Waals surface area (Å²) >= 11 is 0. The van der Waals surface area contributed by atoms with Crippen molar-refractivity contribution in [1.82, 2.24) is 10.6 Å². The average Bonchev–Trinajstić information content (AvgIpc) is 3.33. The van der Waals surface area contributed by atoms with E-state index >= 15 is 0 Å². The van der Waals surface area contributed by atoms with Gasteiger partial charge in [0.1, 0.15) is 6.61 Å². The van der Waals surface area contributed by atoms with Crippen LogP contribution < -0.4 is 10.6 Å². The number of carbonyl (C=O) groups is 3. The van der Waals surface area contributed by atoms with Gasteiger partial charge in [-0.3, -0.25) is 9.59 Å². The van der Waals surface area contributed by atoms with Gasteiger partial charge in [0, 0.05) is 31.8 Å². The first-order valence-corrected chi connectivity index (χ1v) is 14.9. The SMILES string of the molecule is CCOC(=O)CCCCCC(=O)NCc1ccc(CCNC(=O)OCC2c3ccccc3-c3ccccc32)cc1CN=N. The molecule has 0 bridgehead atoms. The van der Waals surface area contributed by atoms with Crippen LogP contribution in [0.2, 0.25) is 0 Å². The van der Waals surface area contributed by atoms with Crippen LogP contribution in [-0.2, 0) is 38.6 Å². The fourth-order valence-electron chi connectivity index (χ4n) is 5.44. The minimum atomic E-state index is -0.455. The van der Waals surface area contributed by atoms with Gasteiger partial charge in [0.05, 0.1) is 13.2 Å². The number of carbonyl (C=O) groups excluding carboxylic acids is 3. The lowest BCUT2D eigenvalue weighted by atomic mass is 9.98. The third-order valence-electron chi connectivity index (χ3n) is 7.61. The summed E-state index contributed by atoms with van der Waals surface area (Å²) in [6, 6.07) is 22.3. The van der Waals surface area contributed by atoms with E-state index in [1.807, 2.05) is 42.5 Å². The van der Waals surface area contributed by atoms with Crippen LogP contribution in [0.15, 0.2) is 71.8 Å². The molecule has 3 N–H and O–H groups in total. The van der Waals surface area contributed by atoms with Gasteiger partial charge in [0.25, 0.3) is 0 Å². The van der Waals surface area contributed by atoms with Crippen LogP contribution in [0.1, 0.15) is 72.8 Å². The number of amides is 2. The van der Waals surface area contributed by atoms with E-state index in [1.54, 1.807) is 6.92 Å². The van der Waals surface area contributed by atoms with E-state index in [1.165, 1.54) is 22.3 Å². The first-order valence-electron chi connectivity index (χ1n) is 14.9. The van der Waals surface area contributed by atoms with Crippen molar-refractivity contribution < 1.29 is 23.9 Å². The van der Waals surface area contributed by atoms with Gasteiger partial charge in [-0.1, -0.05) is 73.2 Å². The van der Waals surface area contributed by atoms with Crippen molar-refractivity contribution in [3.63, 3.8) is 0 Å². The summed E-state index contributed by atoms with van der Waals surface area (Å²) in [6.07, 6.45) is 3.10. The molecule has 0 heterocycles. The van der Waals surface area contributed by atoms with Crippen molar-refractivity contribution in [2.45, 2.75) is 64.5 Å².